The van der Waals surface area contributed by atoms with Crippen LogP contribution in [-0.4, -0.2) is 47.3 Å². The molecule has 1 aliphatic rings. The van der Waals surface area contributed by atoms with Crippen molar-refractivity contribution in [3.63, 3.8) is 0 Å². The Balaban J connectivity index is 1.77. The van der Waals surface area contributed by atoms with Crippen LogP contribution < -0.4 is 5.32 Å². The molecule has 0 atom stereocenters. The molecule has 6 nitrogen and oxygen atoms in total. The third-order valence-corrected chi connectivity index (χ3v) is 3.72. The molecule has 2 N–H and O–H groups in total. The maximum absolute atomic E-state index is 11.9. The summed E-state index contributed by atoms with van der Waals surface area (Å²) in [6, 6.07) is 1.76. The molecular formula is C14H23N3O3. The minimum absolute atomic E-state index is 0.0843. The second-order valence-corrected chi connectivity index (χ2v) is 5.72. The maximum atomic E-state index is 11.9. The zero-order valence-corrected chi connectivity index (χ0v) is 12.1. The molecule has 112 valence electrons. The van der Waals surface area contributed by atoms with E-state index in [9.17, 15) is 4.79 Å². The maximum Gasteiger partial charge on any atom is 0.240 e. The molecule has 0 radical (unpaired) electrons. The topological polar surface area (TPSA) is 78.6 Å². The monoisotopic (exact) mass is 281 g/mol. The fraction of sp³-hybridized carbons (Fsp3) is 0.714. The van der Waals surface area contributed by atoms with Crippen LogP contribution in [0.4, 0.5) is 5.88 Å². The molecule has 1 aromatic heterocycles. The Morgan fingerprint density at radius 2 is 2.25 bits per heavy atom. The van der Waals surface area contributed by atoms with Gasteiger partial charge in [-0.1, -0.05) is 19.0 Å². The van der Waals surface area contributed by atoms with Gasteiger partial charge in [0.25, 0.3) is 0 Å². The molecule has 0 aliphatic carbocycles. The molecule has 0 unspecified atom stereocenters. The first-order valence-corrected chi connectivity index (χ1v) is 7.18. The minimum Gasteiger partial charge on any atom is -0.396 e. The third kappa shape index (κ3) is 4.05. The van der Waals surface area contributed by atoms with E-state index < -0.39 is 0 Å². The summed E-state index contributed by atoms with van der Waals surface area (Å²) in [6.45, 7) is 6.36. The number of amides is 1. The minimum atomic E-state index is -0.0843. The molecule has 2 rings (SSSR count). The Hall–Kier alpha value is -1.40. The molecule has 0 bridgehead atoms. The van der Waals surface area contributed by atoms with Crippen LogP contribution in [0.5, 0.6) is 0 Å². The van der Waals surface area contributed by atoms with Gasteiger partial charge < -0.3 is 9.63 Å². The molecule has 1 fully saturated rings. The van der Waals surface area contributed by atoms with Crippen molar-refractivity contribution >= 4 is 11.8 Å². The second kappa shape index (κ2) is 6.85. The SMILES string of the molecule is CC(C)c1cc(NC(=O)CN2CCC(CO)CC2)on1. The first-order chi connectivity index (χ1) is 9.58. The number of carbonyl (C=O) groups excluding carboxylic acids is 1. The van der Waals surface area contributed by atoms with Crippen LogP contribution in [0.1, 0.15) is 38.3 Å². The average Bonchev–Trinajstić information content (AvgIpc) is 2.88. The molecule has 20 heavy (non-hydrogen) atoms. The normalized spacial score (nSPS) is 17.6. The highest BCUT2D eigenvalue weighted by atomic mass is 16.5. The summed E-state index contributed by atoms with van der Waals surface area (Å²) >= 11 is 0. The summed E-state index contributed by atoms with van der Waals surface area (Å²) < 4.78 is 5.09. The van der Waals surface area contributed by atoms with Crippen LogP contribution in [-0.2, 0) is 4.79 Å². The van der Waals surface area contributed by atoms with E-state index in [1.165, 1.54) is 0 Å². The smallest absolute Gasteiger partial charge is 0.240 e. The highest BCUT2D eigenvalue weighted by molar-refractivity contribution is 5.90. The first-order valence-electron chi connectivity index (χ1n) is 7.18. The van der Waals surface area contributed by atoms with Crippen molar-refractivity contribution in [2.45, 2.75) is 32.6 Å². The van der Waals surface area contributed by atoms with Crippen molar-refractivity contribution in [1.82, 2.24) is 10.1 Å². The lowest BCUT2D eigenvalue weighted by atomic mass is 9.98. The lowest BCUT2D eigenvalue weighted by Gasteiger charge is -2.30. The Labute approximate surface area is 119 Å². The van der Waals surface area contributed by atoms with Gasteiger partial charge in [-0.15, -0.1) is 0 Å². The van der Waals surface area contributed by atoms with Crippen molar-refractivity contribution in [3.8, 4) is 0 Å². The number of rotatable bonds is 5. The number of piperidine rings is 1. The Kier molecular flexibility index (Phi) is 5.14. The molecule has 6 heteroatoms. The molecule has 0 aromatic carbocycles. The highest BCUT2D eigenvalue weighted by Crippen LogP contribution is 2.18. The number of aliphatic hydroxyl groups excluding tert-OH is 1. The zero-order valence-electron chi connectivity index (χ0n) is 12.1. The molecule has 1 aromatic rings. The summed E-state index contributed by atoms with van der Waals surface area (Å²) in [5, 5.41) is 15.7. The standard InChI is InChI=1S/C14H23N3O3/c1-10(2)12-7-14(20-16-12)15-13(19)8-17-5-3-11(9-18)4-6-17/h7,10-11,18H,3-6,8-9H2,1-2H3,(H,15,19). The Bertz CT molecular complexity index is 437. The van der Waals surface area contributed by atoms with Gasteiger partial charge in [0.1, 0.15) is 0 Å². The van der Waals surface area contributed by atoms with Gasteiger partial charge in [-0.05, 0) is 37.8 Å². The van der Waals surface area contributed by atoms with E-state index >= 15 is 0 Å². The highest BCUT2D eigenvalue weighted by Gasteiger charge is 2.20. The fourth-order valence-corrected chi connectivity index (χ4v) is 2.33. The van der Waals surface area contributed by atoms with Crippen molar-refractivity contribution < 1.29 is 14.4 Å². The van der Waals surface area contributed by atoms with Crippen LogP contribution in [0.3, 0.4) is 0 Å². The Morgan fingerprint density at radius 3 is 2.80 bits per heavy atom. The molecular weight excluding hydrogens is 258 g/mol. The molecule has 1 amide bonds. The summed E-state index contributed by atoms with van der Waals surface area (Å²) in [7, 11) is 0. The summed E-state index contributed by atoms with van der Waals surface area (Å²) in [4.78, 5) is 14.0. The first kappa shape index (κ1) is 15.0. The van der Waals surface area contributed by atoms with E-state index in [2.05, 4.69) is 15.4 Å². The van der Waals surface area contributed by atoms with Crippen molar-refractivity contribution in [2.75, 3.05) is 31.6 Å². The average molecular weight is 281 g/mol. The summed E-state index contributed by atoms with van der Waals surface area (Å²) in [6.07, 6.45) is 1.90. The lowest BCUT2D eigenvalue weighted by Crippen LogP contribution is -2.39. The summed E-state index contributed by atoms with van der Waals surface area (Å²) in [5.74, 6) is 0.988. The number of nitrogens with one attached hydrogen (secondary N) is 1. The van der Waals surface area contributed by atoms with E-state index in [1.54, 1.807) is 6.07 Å². The van der Waals surface area contributed by atoms with Crippen LogP contribution in [0, 0.1) is 5.92 Å². The predicted octanol–water partition coefficient (Wildman–Crippen LogP) is 1.44. The van der Waals surface area contributed by atoms with Gasteiger partial charge in [0.2, 0.25) is 11.8 Å². The quantitative estimate of drug-likeness (QED) is 0.854. The van der Waals surface area contributed by atoms with E-state index in [0.29, 0.717) is 18.3 Å². The van der Waals surface area contributed by atoms with Gasteiger partial charge in [0.15, 0.2) is 0 Å². The van der Waals surface area contributed by atoms with Crippen LogP contribution >= 0.6 is 0 Å². The zero-order chi connectivity index (χ0) is 14.5. The van der Waals surface area contributed by atoms with Gasteiger partial charge in [-0.3, -0.25) is 15.0 Å². The van der Waals surface area contributed by atoms with E-state index in [4.69, 9.17) is 9.63 Å². The van der Waals surface area contributed by atoms with E-state index in [-0.39, 0.29) is 18.4 Å². The molecule has 0 saturated carbocycles. The number of aromatic nitrogens is 1. The second-order valence-electron chi connectivity index (χ2n) is 5.72. The predicted molar refractivity (Wildman–Crippen MR) is 75.5 cm³/mol. The third-order valence-electron chi connectivity index (χ3n) is 3.72. The number of nitrogens with zero attached hydrogens (tertiary/aromatic N) is 2. The number of anilines is 1. The lowest BCUT2D eigenvalue weighted by molar-refractivity contribution is -0.117. The molecule has 1 saturated heterocycles. The Morgan fingerprint density at radius 1 is 1.55 bits per heavy atom. The number of hydrogen-bond donors (Lipinski definition) is 2. The van der Waals surface area contributed by atoms with Gasteiger partial charge in [-0.25, -0.2) is 0 Å². The van der Waals surface area contributed by atoms with E-state index in [0.717, 1.165) is 31.6 Å². The van der Waals surface area contributed by atoms with E-state index in [1.807, 2.05) is 13.8 Å². The number of carbonyl (C=O) groups is 1. The van der Waals surface area contributed by atoms with Crippen LogP contribution in [0.15, 0.2) is 10.6 Å². The number of hydrogen-bond acceptors (Lipinski definition) is 5. The number of aliphatic hydroxyl groups is 1. The molecule has 1 aliphatic heterocycles. The van der Waals surface area contributed by atoms with Crippen LogP contribution in [0.25, 0.3) is 0 Å². The molecule has 0 spiro atoms. The largest absolute Gasteiger partial charge is 0.396 e. The van der Waals surface area contributed by atoms with Gasteiger partial charge in [0, 0.05) is 12.7 Å². The number of likely N-dealkylation sites (tertiary alicyclic amines) is 1. The fourth-order valence-electron chi connectivity index (χ4n) is 2.33. The van der Waals surface area contributed by atoms with Gasteiger partial charge in [-0.2, -0.15) is 0 Å². The van der Waals surface area contributed by atoms with Crippen molar-refractivity contribution in [2.24, 2.45) is 5.92 Å². The molecule has 2 heterocycles. The van der Waals surface area contributed by atoms with Crippen LogP contribution in [0.2, 0.25) is 0 Å². The van der Waals surface area contributed by atoms with Gasteiger partial charge in [0.05, 0.1) is 12.2 Å². The van der Waals surface area contributed by atoms with Gasteiger partial charge >= 0.3 is 0 Å². The van der Waals surface area contributed by atoms with Crippen molar-refractivity contribution in [1.29, 1.82) is 0 Å². The van der Waals surface area contributed by atoms with Crippen molar-refractivity contribution in [3.05, 3.63) is 11.8 Å². The summed E-state index contributed by atoms with van der Waals surface area (Å²) in [5.41, 5.74) is 0.837.